The lowest BCUT2D eigenvalue weighted by molar-refractivity contribution is -0.117. The molecule has 0 aliphatic rings. The fourth-order valence-electron chi connectivity index (χ4n) is 1.65. The summed E-state index contributed by atoms with van der Waals surface area (Å²) in [4.78, 5) is 11.8. The van der Waals surface area contributed by atoms with Crippen LogP contribution in [0.4, 0.5) is 5.69 Å². The predicted octanol–water partition coefficient (Wildman–Crippen LogP) is 2.66. The zero-order chi connectivity index (χ0) is 13.4. The van der Waals surface area contributed by atoms with Crippen LogP contribution in [-0.2, 0) is 11.2 Å². The van der Waals surface area contributed by atoms with Crippen molar-refractivity contribution in [2.75, 3.05) is 17.3 Å². The lowest BCUT2D eigenvalue weighted by Gasteiger charge is -2.11. The van der Waals surface area contributed by atoms with Crippen molar-refractivity contribution in [3.05, 3.63) is 29.8 Å². The minimum atomic E-state index is -0.423. The maximum Gasteiger partial charge on any atom is 0.241 e. The average Bonchev–Trinajstić information content (AvgIpc) is 2.38. The van der Waals surface area contributed by atoms with Gasteiger partial charge in [0.1, 0.15) is 0 Å². The standard InChI is InChI=1S/C14H22N2OS/c1-3-4-11-5-7-12(8-6-11)16-14(17)13(15)9-10-18-2/h5-8,13H,3-4,9-10,15H2,1-2H3,(H,16,17)/t13-/m0/s1. The predicted molar refractivity (Wildman–Crippen MR) is 80.0 cm³/mol. The molecule has 1 aromatic rings. The van der Waals surface area contributed by atoms with E-state index in [2.05, 4.69) is 12.2 Å². The highest BCUT2D eigenvalue weighted by molar-refractivity contribution is 7.98. The van der Waals surface area contributed by atoms with Crippen molar-refractivity contribution < 1.29 is 4.79 Å². The highest BCUT2D eigenvalue weighted by Gasteiger charge is 2.12. The molecule has 3 N–H and O–H groups in total. The van der Waals surface area contributed by atoms with Crippen LogP contribution in [0.1, 0.15) is 25.3 Å². The Balaban J connectivity index is 2.48. The van der Waals surface area contributed by atoms with E-state index in [-0.39, 0.29) is 5.91 Å². The summed E-state index contributed by atoms with van der Waals surface area (Å²) in [5, 5.41) is 2.85. The highest BCUT2D eigenvalue weighted by atomic mass is 32.2. The Morgan fingerprint density at radius 2 is 2.06 bits per heavy atom. The lowest BCUT2D eigenvalue weighted by atomic mass is 10.1. The fraction of sp³-hybridized carbons (Fsp3) is 0.500. The fourth-order valence-corrected chi connectivity index (χ4v) is 2.14. The second-order valence-electron chi connectivity index (χ2n) is 4.32. The Bertz CT molecular complexity index is 365. The third-order valence-corrected chi connectivity index (χ3v) is 3.37. The molecule has 0 unspecified atom stereocenters. The molecule has 1 atom stereocenters. The van der Waals surface area contributed by atoms with Gasteiger partial charge in [0.25, 0.3) is 0 Å². The molecule has 100 valence electrons. The Morgan fingerprint density at radius 1 is 1.39 bits per heavy atom. The Labute approximate surface area is 114 Å². The second-order valence-corrected chi connectivity index (χ2v) is 5.31. The molecule has 0 bridgehead atoms. The first-order valence-electron chi connectivity index (χ1n) is 6.31. The number of carbonyl (C=O) groups excluding carboxylic acids is 1. The van der Waals surface area contributed by atoms with E-state index in [0.717, 1.165) is 24.3 Å². The maximum atomic E-state index is 11.8. The summed E-state index contributed by atoms with van der Waals surface area (Å²) >= 11 is 1.70. The zero-order valence-electron chi connectivity index (χ0n) is 11.1. The molecule has 0 saturated carbocycles. The normalized spacial score (nSPS) is 12.2. The number of nitrogens with two attached hydrogens (primary N) is 1. The molecule has 0 heterocycles. The van der Waals surface area contributed by atoms with E-state index in [4.69, 9.17) is 5.73 Å². The van der Waals surface area contributed by atoms with Crippen molar-refractivity contribution in [1.29, 1.82) is 0 Å². The largest absolute Gasteiger partial charge is 0.325 e. The van der Waals surface area contributed by atoms with Crippen molar-refractivity contribution >= 4 is 23.4 Å². The molecule has 0 radical (unpaired) electrons. The summed E-state index contributed by atoms with van der Waals surface area (Å²) in [5.74, 6) is 0.802. The second kappa shape index (κ2) is 8.16. The van der Waals surface area contributed by atoms with E-state index >= 15 is 0 Å². The molecule has 0 fully saturated rings. The number of hydrogen-bond donors (Lipinski definition) is 2. The first kappa shape index (κ1) is 15.1. The third-order valence-electron chi connectivity index (χ3n) is 2.73. The number of aryl methyl sites for hydroxylation is 1. The van der Waals surface area contributed by atoms with Crippen LogP contribution >= 0.6 is 11.8 Å². The molecule has 18 heavy (non-hydrogen) atoms. The summed E-state index contributed by atoms with van der Waals surface area (Å²) in [6, 6.07) is 7.54. The minimum Gasteiger partial charge on any atom is -0.325 e. The number of thioether (sulfide) groups is 1. The van der Waals surface area contributed by atoms with Crippen LogP contribution in [0.25, 0.3) is 0 Å². The van der Waals surface area contributed by atoms with E-state index < -0.39 is 6.04 Å². The average molecular weight is 266 g/mol. The number of rotatable bonds is 7. The van der Waals surface area contributed by atoms with Gasteiger partial charge in [-0.1, -0.05) is 25.5 Å². The summed E-state index contributed by atoms with van der Waals surface area (Å²) in [7, 11) is 0. The van der Waals surface area contributed by atoms with Gasteiger partial charge in [-0.2, -0.15) is 11.8 Å². The van der Waals surface area contributed by atoms with Gasteiger partial charge < -0.3 is 11.1 Å². The molecule has 3 nitrogen and oxygen atoms in total. The number of hydrogen-bond acceptors (Lipinski definition) is 3. The summed E-state index contributed by atoms with van der Waals surface area (Å²) in [6.07, 6.45) is 4.92. The molecular weight excluding hydrogens is 244 g/mol. The van der Waals surface area contributed by atoms with Crippen LogP contribution in [0.15, 0.2) is 24.3 Å². The highest BCUT2D eigenvalue weighted by Crippen LogP contribution is 2.11. The summed E-state index contributed by atoms with van der Waals surface area (Å²) in [5.41, 5.74) is 7.92. The van der Waals surface area contributed by atoms with Crippen molar-refractivity contribution in [3.63, 3.8) is 0 Å². The van der Waals surface area contributed by atoms with Crippen LogP contribution in [-0.4, -0.2) is 24.0 Å². The van der Waals surface area contributed by atoms with E-state index in [0.29, 0.717) is 6.42 Å². The van der Waals surface area contributed by atoms with E-state index in [1.165, 1.54) is 5.56 Å². The van der Waals surface area contributed by atoms with Gasteiger partial charge >= 0.3 is 0 Å². The monoisotopic (exact) mass is 266 g/mol. The minimum absolute atomic E-state index is 0.104. The SMILES string of the molecule is CCCc1ccc(NC(=O)[C@@H](N)CCSC)cc1. The topological polar surface area (TPSA) is 55.1 Å². The Morgan fingerprint density at radius 3 is 2.61 bits per heavy atom. The van der Waals surface area contributed by atoms with Crippen molar-refractivity contribution in [2.24, 2.45) is 5.73 Å². The van der Waals surface area contributed by atoms with Gasteiger partial charge in [0.2, 0.25) is 5.91 Å². The van der Waals surface area contributed by atoms with E-state index in [9.17, 15) is 4.79 Å². The first-order chi connectivity index (χ1) is 8.67. The van der Waals surface area contributed by atoms with Gasteiger partial charge in [-0.15, -0.1) is 0 Å². The molecule has 0 spiro atoms. The Kier molecular flexibility index (Phi) is 6.83. The third kappa shape index (κ3) is 5.10. The van der Waals surface area contributed by atoms with Crippen LogP contribution in [0.2, 0.25) is 0 Å². The molecule has 0 saturated heterocycles. The van der Waals surface area contributed by atoms with Gasteiger partial charge in [-0.3, -0.25) is 4.79 Å². The van der Waals surface area contributed by atoms with Crippen LogP contribution in [0, 0.1) is 0 Å². The van der Waals surface area contributed by atoms with Gasteiger partial charge in [0.05, 0.1) is 6.04 Å². The first-order valence-corrected chi connectivity index (χ1v) is 7.71. The number of amides is 1. The van der Waals surface area contributed by atoms with E-state index in [1.807, 2.05) is 30.5 Å². The van der Waals surface area contributed by atoms with Crippen LogP contribution in [0.3, 0.4) is 0 Å². The number of anilines is 1. The van der Waals surface area contributed by atoms with Gasteiger partial charge in [-0.25, -0.2) is 0 Å². The molecule has 4 heteroatoms. The molecule has 0 aliphatic carbocycles. The molecule has 1 rings (SSSR count). The molecular formula is C14H22N2OS. The molecule has 1 amide bonds. The summed E-state index contributed by atoms with van der Waals surface area (Å²) in [6.45, 7) is 2.15. The number of benzene rings is 1. The van der Waals surface area contributed by atoms with Gasteiger partial charge in [0.15, 0.2) is 0 Å². The summed E-state index contributed by atoms with van der Waals surface area (Å²) < 4.78 is 0. The van der Waals surface area contributed by atoms with Crippen molar-refractivity contribution in [1.82, 2.24) is 0 Å². The molecule has 1 aromatic carbocycles. The quantitative estimate of drug-likeness (QED) is 0.797. The number of carbonyl (C=O) groups is 1. The van der Waals surface area contributed by atoms with Crippen molar-refractivity contribution in [2.45, 2.75) is 32.2 Å². The van der Waals surface area contributed by atoms with Crippen LogP contribution in [0.5, 0.6) is 0 Å². The Hall–Kier alpha value is -1.00. The number of nitrogens with one attached hydrogen (secondary N) is 1. The van der Waals surface area contributed by atoms with Crippen molar-refractivity contribution in [3.8, 4) is 0 Å². The lowest BCUT2D eigenvalue weighted by Crippen LogP contribution is -2.36. The maximum absolute atomic E-state index is 11.8. The van der Waals surface area contributed by atoms with Gasteiger partial charge in [-0.05, 0) is 42.5 Å². The molecule has 0 aromatic heterocycles. The van der Waals surface area contributed by atoms with Gasteiger partial charge in [0, 0.05) is 5.69 Å². The smallest absolute Gasteiger partial charge is 0.241 e. The van der Waals surface area contributed by atoms with Crippen LogP contribution < -0.4 is 11.1 Å². The zero-order valence-corrected chi connectivity index (χ0v) is 11.9. The molecule has 0 aliphatic heterocycles. The van der Waals surface area contributed by atoms with E-state index in [1.54, 1.807) is 11.8 Å².